The molecule has 0 amide bonds. The van der Waals surface area contributed by atoms with Gasteiger partial charge in [0.2, 0.25) is 0 Å². The van der Waals surface area contributed by atoms with Crippen LogP contribution in [-0.2, 0) is 0 Å². The molecule has 0 heteroatoms. The first-order valence-corrected chi connectivity index (χ1v) is 4.78. The van der Waals surface area contributed by atoms with E-state index in [4.69, 9.17) is 0 Å². The van der Waals surface area contributed by atoms with Crippen LogP contribution in [0.5, 0.6) is 0 Å². The Bertz CT molecular complexity index is 138. The van der Waals surface area contributed by atoms with Crippen molar-refractivity contribution in [2.45, 2.75) is 40.5 Å². The van der Waals surface area contributed by atoms with Crippen molar-refractivity contribution >= 4 is 0 Å². The van der Waals surface area contributed by atoms with E-state index >= 15 is 0 Å². The molecule has 70 valence electrons. The minimum absolute atomic E-state index is 1.11. The summed E-state index contributed by atoms with van der Waals surface area (Å²) in [5, 5.41) is 0. The minimum atomic E-state index is 1.11. The maximum Gasteiger partial charge on any atom is -0.0287 e. The van der Waals surface area contributed by atoms with Crippen LogP contribution in [-0.4, -0.2) is 0 Å². The number of rotatable bonds is 4. The van der Waals surface area contributed by atoms with E-state index in [0.29, 0.717) is 0 Å². The average Bonchev–Trinajstić information content (AvgIpc) is 2.09. The largest absolute Gasteiger partial charge is 0.0958 e. The van der Waals surface area contributed by atoms with E-state index in [9.17, 15) is 0 Å². The molecule has 0 rings (SSSR count). The first-order valence-electron chi connectivity index (χ1n) is 4.78. The van der Waals surface area contributed by atoms with Crippen LogP contribution in [0, 0.1) is 0 Å². The molecule has 12 heavy (non-hydrogen) atoms. The van der Waals surface area contributed by atoms with Gasteiger partial charge in [-0.1, -0.05) is 63.6 Å². The van der Waals surface area contributed by atoms with Crippen LogP contribution >= 0.6 is 0 Å². The van der Waals surface area contributed by atoms with Gasteiger partial charge in [0.05, 0.1) is 0 Å². The first kappa shape index (κ1) is 13.8. The SMILES string of the molecule is C=C(/C=C\C=C/C)CCC.CC. The molecule has 0 aromatic rings. The van der Waals surface area contributed by atoms with Gasteiger partial charge in [0, 0.05) is 0 Å². The maximum absolute atomic E-state index is 3.90. The average molecular weight is 166 g/mol. The lowest BCUT2D eigenvalue weighted by Crippen LogP contribution is -1.71. The van der Waals surface area contributed by atoms with Gasteiger partial charge in [-0.2, -0.15) is 0 Å². The summed E-state index contributed by atoms with van der Waals surface area (Å²) < 4.78 is 0. The molecule has 0 aliphatic heterocycles. The van der Waals surface area contributed by atoms with Crippen molar-refractivity contribution < 1.29 is 0 Å². The molecule has 0 nitrogen and oxygen atoms in total. The van der Waals surface area contributed by atoms with E-state index in [1.165, 1.54) is 12.0 Å². The lowest BCUT2D eigenvalue weighted by molar-refractivity contribution is 0.930. The van der Waals surface area contributed by atoms with Crippen LogP contribution in [0.25, 0.3) is 0 Å². The predicted molar refractivity (Wildman–Crippen MR) is 59.4 cm³/mol. The van der Waals surface area contributed by atoms with Crippen LogP contribution in [0.4, 0.5) is 0 Å². The van der Waals surface area contributed by atoms with Crippen molar-refractivity contribution in [1.82, 2.24) is 0 Å². The van der Waals surface area contributed by atoms with Gasteiger partial charge < -0.3 is 0 Å². The summed E-state index contributed by atoms with van der Waals surface area (Å²) in [5.74, 6) is 0. The van der Waals surface area contributed by atoms with E-state index in [0.717, 1.165) is 6.42 Å². The van der Waals surface area contributed by atoms with E-state index < -0.39 is 0 Å². The van der Waals surface area contributed by atoms with Gasteiger partial charge in [0.15, 0.2) is 0 Å². The fraction of sp³-hybridized carbons (Fsp3) is 0.500. The quantitative estimate of drug-likeness (QED) is 0.539. The van der Waals surface area contributed by atoms with Crippen molar-refractivity contribution in [1.29, 1.82) is 0 Å². The van der Waals surface area contributed by atoms with Crippen LogP contribution in [0.1, 0.15) is 40.5 Å². The van der Waals surface area contributed by atoms with Crippen molar-refractivity contribution in [3.8, 4) is 0 Å². The number of hydrogen-bond donors (Lipinski definition) is 0. The van der Waals surface area contributed by atoms with E-state index in [2.05, 4.69) is 19.6 Å². The lowest BCUT2D eigenvalue weighted by atomic mass is 10.1. The van der Waals surface area contributed by atoms with E-state index in [1.807, 2.05) is 39.0 Å². The van der Waals surface area contributed by atoms with Crippen LogP contribution < -0.4 is 0 Å². The summed E-state index contributed by atoms with van der Waals surface area (Å²) in [6.07, 6.45) is 10.4. The number of hydrogen-bond acceptors (Lipinski definition) is 0. The highest BCUT2D eigenvalue weighted by Crippen LogP contribution is 2.02. The summed E-state index contributed by atoms with van der Waals surface area (Å²) in [7, 11) is 0. The summed E-state index contributed by atoms with van der Waals surface area (Å²) in [6, 6.07) is 0. The molecule has 0 aromatic heterocycles. The minimum Gasteiger partial charge on any atom is -0.0958 e. The molecule has 0 aliphatic rings. The highest BCUT2D eigenvalue weighted by atomic mass is 13.9. The maximum atomic E-state index is 3.90. The smallest absolute Gasteiger partial charge is 0.0287 e. The van der Waals surface area contributed by atoms with Crippen molar-refractivity contribution in [2.75, 3.05) is 0 Å². The Morgan fingerprint density at radius 3 is 2.25 bits per heavy atom. The molecule has 0 heterocycles. The summed E-state index contributed by atoms with van der Waals surface area (Å²) in [6.45, 7) is 12.1. The first-order chi connectivity index (χ1) is 5.81. The highest BCUT2D eigenvalue weighted by Gasteiger charge is 1.82. The Kier molecular flexibility index (Phi) is 14.8. The molecule has 0 N–H and O–H groups in total. The van der Waals surface area contributed by atoms with Crippen molar-refractivity contribution in [3.63, 3.8) is 0 Å². The third-order valence-electron chi connectivity index (χ3n) is 1.21. The zero-order valence-electron chi connectivity index (χ0n) is 8.93. The molecular formula is C12H22. The Balaban J connectivity index is 0. The monoisotopic (exact) mass is 166 g/mol. The van der Waals surface area contributed by atoms with Crippen LogP contribution in [0.2, 0.25) is 0 Å². The predicted octanol–water partition coefficient (Wildman–Crippen LogP) is 4.50. The van der Waals surface area contributed by atoms with Gasteiger partial charge in [-0.05, 0) is 13.3 Å². The molecule has 0 aromatic carbocycles. The molecule has 0 saturated heterocycles. The van der Waals surface area contributed by atoms with E-state index in [1.54, 1.807) is 0 Å². The second-order valence-corrected chi connectivity index (χ2v) is 2.29. The lowest BCUT2D eigenvalue weighted by Gasteiger charge is -1.91. The molecular weight excluding hydrogens is 144 g/mol. The molecule has 0 spiro atoms. The fourth-order valence-electron chi connectivity index (χ4n) is 0.707. The summed E-state index contributed by atoms with van der Waals surface area (Å²) in [4.78, 5) is 0. The molecule has 0 radical (unpaired) electrons. The standard InChI is InChI=1S/C10H16.C2H6/c1-4-6-7-9-10(3)8-5-2;1-2/h4,6-7,9H,3,5,8H2,1-2H3;1-2H3/b6-4-,9-7-;. The van der Waals surface area contributed by atoms with Gasteiger partial charge >= 0.3 is 0 Å². The van der Waals surface area contributed by atoms with Gasteiger partial charge in [-0.25, -0.2) is 0 Å². The third-order valence-corrected chi connectivity index (χ3v) is 1.21. The Morgan fingerprint density at radius 1 is 1.25 bits per heavy atom. The normalized spacial score (nSPS) is 10.0. The molecule has 0 unspecified atom stereocenters. The Labute approximate surface area is 77.7 Å². The van der Waals surface area contributed by atoms with Gasteiger partial charge in [-0.3, -0.25) is 0 Å². The summed E-state index contributed by atoms with van der Waals surface area (Å²) in [5.41, 5.74) is 1.21. The molecule has 0 saturated carbocycles. The molecule has 0 aliphatic carbocycles. The molecule has 0 bridgehead atoms. The highest BCUT2D eigenvalue weighted by molar-refractivity contribution is 5.18. The zero-order valence-corrected chi connectivity index (χ0v) is 8.93. The van der Waals surface area contributed by atoms with Crippen LogP contribution in [0.15, 0.2) is 36.5 Å². The number of allylic oxidation sites excluding steroid dienone is 5. The van der Waals surface area contributed by atoms with Gasteiger partial charge in [0.1, 0.15) is 0 Å². The van der Waals surface area contributed by atoms with E-state index in [-0.39, 0.29) is 0 Å². The van der Waals surface area contributed by atoms with Crippen LogP contribution in [0.3, 0.4) is 0 Å². The van der Waals surface area contributed by atoms with Crippen molar-refractivity contribution in [2.24, 2.45) is 0 Å². The molecule has 0 atom stereocenters. The topological polar surface area (TPSA) is 0 Å². The van der Waals surface area contributed by atoms with Gasteiger partial charge in [-0.15, -0.1) is 0 Å². The third kappa shape index (κ3) is 12.0. The summed E-state index contributed by atoms with van der Waals surface area (Å²) >= 11 is 0. The molecule has 0 fully saturated rings. The van der Waals surface area contributed by atoms with Crippen molar-refractivity contribution in [3.05, 3.63) is 36.5 Å². The second-order valence-electron chi connectivity index (χ2n) is 2.29. The zero-order chi connectivity index (χ0) is 9.82. The fourth-order valence-corrected chi connectivity index (χ4v) is 0.707. The van der Waals surface area contributed by atoms with Gasteiger partial charge in [0.25, 0.3) is 0 Å². The Hall–Kier alpha value is -0.780. The Morgan fingerprint density at radius 2 is 1.83 bits per heavy atom. The second kappa shape index (κ2) is 12.9.